The molecule has 5 N–H and O–H groups in total. The van der Waals surface area contributed by atoms with Crippen molar-refractivity contribution in [2.45, 2.75) is 223 Å². The fraction of sp³-hybridized carbons (Fsp3) is 0.796. The lowest BCUT2D eigenvalue weighted by Gasteiger charge is -2.50. The Labute approximate surface area is 428 Å². The number of likely N-dealkylation sites (N-methyl/N-ethyl adjacent to an activating group) is 2. The maximum Gasteiger partial charge on any atom is 0.311 e. The molecular formula is C54H90N6O12. The number of aliphatic hydroxyl groups excluding tert-OH is 3. The van der Waals surface area contributed by atoms with E-state index in [1.165, 1.54) is 24.9 Å². The van der Waals surface area contributed by atoms with Crippen molar-refractivity contribution < 1.29 is 58.7 Å². The third-order valence-corrected chi connectivity index (χ3v) is 16.7. The van der Waals surface area contributed by atoms with E-state index in [1.54, 1.807) is 34.6 Å². The van der Waals surface area contributed by atoms with Crippen molar-refractivity contribution in [2.24, 2.45) is 17.8 Å². The van der Waals surface area contributed by atoms with Gasteiger partial charge in [0.2, 0.25) is 0 Å². The van der Waals surface area contributed by atoms with Crippen LogP contribution in [0.1, 0.15) is 120 Å². The molecule has 5 heterocycles. The maximum atomic E-state index is 14.8. The number of benzene rings is 1. The molecule has 18 heteroatoms. The molecule has 0 spiro atoms. The van der Waals surface area contributed by atoms with Gasteiger partial charge in [-0.3, -0.25) is 14.4 Å². The Morgan fingerprint density at radius 2 is 1.64 bits per heavy atom. The largest absolute Gasteiger partial charge is 0.459 e. The summed E-state index contributed by atoms with van der Waals surface area (Å²) in [7, 11) is 7.22. The van der Waals surface area contributed by atoms with Gasteiger partial charge in [0.05, 0.1) is 53.8 Å². The SMILES string of the molecule is CCC1OC(=O)[C@H](C)[C@@H](O[C@H]2C[C@@](C)(OC)[C@@H](O)[C@H](C)O2)[C@H](C)[C@@H](O[C@@H]2O[C@H](C)C[C@H](N(C)C)[C@H]2O)[C@](C)(O)C[C@@H](C)CN(C)[C@@](C)(CCCCc2cn(CCn3ccc4ccccc43)nn2)[C@@H](O)[C@]1(C)O. The topological polar surface area (TPSA) is 216 Å². The fourth-order valence-electron chi connectivity index (χ4n) is 12.1. The molecule has 0 aliphatic carbocycles. The molecule has 3 aliphatic rings. The molecule has 3 fully saturated rings. The first kappa shape index (κ1) is 58.2. The zero-order valence-corrected chi connectivity index (χ0v) is 45.7. The Morgan fingerprint density at radius 1 is 0.931 bits per heavy atom. The highest BCUT2D eigenvalue weighted by molar-refractivity contribution is 5.79. The third kappa shape index (κ3) is 12.9. The maximum absolute atomic E-state index is 14.8. The summed E-state index contributed by atoms with van der Waals surface area (Å²) < 4.78 is 42.5. The van der Waals surface area contributed by atoms with E-state index in [4.69, 9.17) is 28.4 Å². The number of nitrogens with zero attached hydrogens (tertiary/aromatic N) is 6. The van der Waals surface area contributed by atoms with Gasteiger partial charge in [-0.1, -0.05) is 50.6 Å². The van der Waals surface area contributed by atoms with Crippen LogP contribution in [0.15, 0.2) is 42.7 Å². The smallest absolute Gasteiger partial charge is 0.311 e. The van der Waals surface area contributed by atoms with Crippen molar-refractivity contribution in [1.82, 2.24) is 29.4 Å². The highest BCUT2D eigenvalue weighted by Gasteiger charge is 2.55. The molecule has 72 heavy (non-hydrogen) atoms. The van der Waals surface area contributed by atoms with Crippen LogP contribution in [0.25, 0.3) is 10.9 Å². The number of para-hydroxylation sites is 1. The Morgan fingerprint density at radius 3 is 2.32 bits per heavy atom. The number of carbonyl (C=O) groups excluding carboxylic acids is 1. The van der Waals surface area contributed by atoms with E-state index in [-0.39, 0.29) is 37.3 Å². The minimum absolute atomic E-state index is 0.113. The average Bonchev–Trinajstić information content (AvgIpc) is 3.97. The number of esters is 1. The van der Waals surface area contributed by atoms with E-state index in [2.05, 4.69) is 44.2 Å². The van der Waals surface area contributed by atoms with Crippen molar-refractivity contribution in [1.29, 1.82) is 0 Å². The van der Waals surface area contributed by atoms with Crippen LogP contribution in [0.3, 0.4) is 0 Å². The van der Waals surface area contributed by atoms with E-state index in [9.17, 15) is 30.3 Å². The van der Waals surface area contributed by atoms with Crippen LogP contribution in [-0.4, -0.2) is 185 Å². The Hall–Kier alpha value is -3.11. The van der Waals surface area contributed by atoms with Crippen LogP contribution in [0.5, 0.6) is 0 Å². The first-order valence-corrected chi connectivity index (χ1v) is 26.4. The number of ether oxygens (including phenoxy) is 6. The molecule has 18 atom stereocenters. The molecule has 3 saturated heterocycles. The van der Waals surface area contributed by atoms with Gasteiger partial charge in [0.15, 0.2) is 12.6 Å². The van der Waals surface area contributed by atoms with Crippen LogP contribution in [0.4, 0.5) is 0 Å². The number of hydrogen-bond acceptors (Lipinski definition) is 16. The highest BCUT2D eigenvalue weighted by Crippen LogP contribution is 2.42. The van der Waals surface area contributed by atoms with Gasteiger partial charge in [-0.25, -0.2) is 0 Å². The number of fused-ring (bicyclic) bond motifs is 1. The number of rotatable bonds is 15. The number of aryl methyl sites for hydroxylation is 3. The predicted octanol–water partition coefficient (Wildman–Crippen LogP) is 4.93. The fourth-order valence-corrected chi connectivity index (χ4v) is 12.1. The van der Waals surface area contributed by atoms with Gasteiger partial charge in [0.25, 0.3) is 0 Å². The Bertz CT molecular complexity index is 2190. The molecule has 3 aromatic rings. The monoisotopic (exact) mass is 1010 g/mol. The normalized spacial score (nSPS) is 40.2. The summed E-state index contributed by atoms with van der Waals surface area (Å²) in [5.41, 5.74) is -3.61. The van der Waals surface area contributed by atoms with Crippen LogP contribution >= 0.6 is 0 Å². The summed E-state index contributed by atoms with van der Waals surface area (Å²) in [5.74, 6) is -2.78. The summed E-state index contributed by atoms with van der Waals surface area (Å²) >= 11 is 0. The highest BCUT2D eigenvalue weighted by atomic mass is 16.7. The summed E-state index contributed by atoms with van der Waals surface area (Å²) in [5, 5.41) is 71.1. The second kappa shape index (κ2) is 23.8. The lowest BCUT2D eigenvalue weighted by Crippen LogP contribution is -2.65. The molecule has 0 bridgehead atoms. The van der Waals surface area contributed by atoms with Crippen molar-refractivity contribution in [3.05, 3.63) is 48.4 Å². The van der Waals surface area contributed by atoms with E-state index in [0.29, 0.717) is 38.8 Å². The van der Waals surface area contributed by atoms with Gasteiger partial charge in [-0.2, -0.15) is 0 Å². The molecule has 408 valence electrons. The number of hydrogen-bond donors (Lipinski definition) is 5. The molecular weight excluding hydrogens is 925 g/mol. The lowest BCUT2D eigenvalue weighted by atomic mass is 9.75. The zero-order valence-electron chi connectivity index (χ0n) is 45.7. The summed E-state index contributed by atoms with van der Waals surface area (Å²) in [4.78, 5) is 18.8. The third-order valence-electron chi connectivity index (χ3n) is 16.7. The van der Waals surface area contributed by atoms with E-state index in [0.717, 1.165) is 18.7 Å². The molecule has 0 saturated carbocycles. The molecule has 6 rings (SSSR count). The standard InChI is InChI=1S/C54H90N6O12/c1-15-42-54(10,66)50(64)51(7,24-19-18-21-39-32-60(56-55-39)27-26-59-25-23-38-20-16-17-22-40(38)59)58(13)31-33(2)29-52(8,65)47(72-49-44(61)41(57(11)12)28-34(3)68-49)35(4)45(36(5)48(63)70-42)71-43-30-53(9,67-14)46(62)37(6)69-43/h16-17,20,22-23,25,32-37,41-47,49-50,61-62,64-66H,15,18-19,21,24,26-31H2,1-14H3/t33-,34-,35+,36-,37+,41+,42?,43+,44-,45+,46+,47-,49+,50-,51+,52-,53-,54-/m1/s1. The number of cyclic esters (lactones) is 1. The van der Waals surface area contributed by atoms with Crippen LogP contribution in [-0.2, 0) is 52.7 Å². The van der Waals surface area contributed by atoms with E-state index >= 15 is 0 Å². The Kier molecular flexibility index (Phi) is 19.3. The number of aliphatic hydroxyl groups is 5. The first-order valence-electron chi connectivity index (χ1n) is 26.4. The van der Waals surface area contributed by atoms with Gasteiger partial charge in [-0.15, -0.1) is 5.10 Å². The second-order valence-electron chi connectivity index (χ2n) is 22.9. The second-order valence-corrected chi connectivity index (χ2v) is 22.9. The van der Waals surface area contributed by atoms with E-state index in [1.807, 2.05) is 76.7 Å². The van der Waals surface area contributed by atoms with Crippen molar-refractivity contribution >= 4 is 16.9 Å². The molecule has 2 aromatic heterocycles. The first-order chi connectivity index (χ1) is 33.8. The molecule has 3 aliphatic heterocycles. The number of unbranched alkanes of at least 4 members (excludes halogenated alkanes) is 1. The van der Waals surface area contributed by atoms with Gasteiger partial charge in [-0.05, 0) is 132 Å². The van der Waals surface area contributed by atoms with E-state index < -0.39 is 95.5 Å². The number of aromatic nitrogens is 4. The van der Waals surface area contributed by atoms with Gasteiger partial charge >= 0.3 is 5.97 Å². The predicted molar refractivity (Wildman–Crippen MR) is 273 cm³/mol. The summed E-state index contributed by atoms with van der Waals surface area (Å²) in [6.45, 7) is 19.7. The summed E-state index contributed by atoms with van der Waals surface area (Å²) in [6.07, 6.45) is -2.19. The van der Waals surface area contributed by atoms with Crippen LogP contribution in [0, 0.1) is 17.8 Å². The molecule has 18 nitrogen and oxygen atoms in total. The number of methoxy groups -OCH3 is 1. The van der Waals surface area contributed by atoms with Gasteiger partial charge in [0, 0.05) is 62.0 Å². The lowest BCUT2D eigenvalue weighted by molar-refractivity contribution is -0.318. The Balaban J connectivity index is 1.28. The average molecular weight is 1020 g/mol. The molecule has 0 radical (unpaired) electrons. The zero-order chi connectivity index (χ0) is 53.1. The molecule has 1 unspecified atom stereocenters. The minimum Gasteiger partial charge on any atom is -0.459 e. The summed E-state index contributed by atoms with van der Waals surface area (Å²) in [6, 6.07) is 10.1. The quantitative estimate of drug-likeness (QED) is 0.101. The van der Waals surface area contributed by atoms with Crippen LogP contribution < -0.4 is 0 Å². The number of carbonyl (C=O) groups is 1. The van der Waals surface area contributed by atoms with Gasteiger partial charge in [0.1, 0.15) is 30.0 Å². The molecule has 1 aromatic carbocycles. The minimum atomic E-state index is -1.92. The van der Waals surface area contributed by atoms with Crippen molar-refractivity contribution in [3.63, 3.8) is 0 Å². The molecule has 0 amide bonds. The van der Waals surface area contributed by atoms with Crippen molar-refractivity contribution in [3.8, 4) is 0 Å². The van der Waals surface area contributed by atoms with Gasteiger partial charge < -0.3 is 63.4 Å². The van der Waals surface area contributed by atoms with Crippen molar-refractivity contribution in [2.75, 3.05) is 34.8 Å². The van der Waals surface area contributed by atoms with Crippen LogP contribution in [0.2, 0.25) is 0 Å².